The van der Waals surface area contributed by atoms with Gasteiger partial charge in [0.25, 0.3) is 0 Å². The van der Waals surface area contributed by atoms with Gasteiger partial charge in [-0.05, 0) is 34.8 Å². The number of aromatic nitrogens is 1. The maximum absolute atomic E-state index is 12.3. The fourth-order valence-corrected chi connectivity index (χ4v) is 3.39. The summed E-state index contributed by atoms with van der Waals surface area (Å²) in [7, 11) is 0. The lowest BCUT2D eigenvalue weighted by Gasteiger charge is -2.21. The van der Waals surface area contributed by atoms with Gasteiger partial charge in [-0.3, -0.25) is 9.78 Å². The molecule has 2 heterocycles. The van der Waals surface area contributed by atoms with Crippen molar-refractivity contribution in [2.45, 2.75) is 19.9 Å². The zero-order valence-electron chi connectivity index (χ0n) is 13.8. The highest BCUT2D eigenvalue weighted by molar-refractivity contribution is 7.10. The number of thiophene rings is 1. The Labute approximate surface area is 148 Å². The zero-order valence-corrected chi connectivity index (χ0v) is 14.6. The molecule has 1 amide bonds. The highest BCUT2D eigenvalue weighted by Gasteiger charge is 2.25. The summed E-state index contributed by atoms with van der Waals surface area (Å²) < 4.78 is 0. The molecule has 0 saturated carbocycles. The Bertz CT molecular complexity index is 923. The van der Waals surface area contributed by atoms with Gasteiger partial charge in [0.05, 0.1) is 6.04 Å². The lowest BCUT2D eigenvalue weighted by molar-refractivity contribution is -0.124. The molecule has 0 spiro atoms. The minimum absolute atomic E-state index is 0.0644. The number of aromatic hydroxyl groups is 1. The van der Waals surface area contributed by atoms with Crippen LogP contribution in [-0.4, -0.2) is 16.0 Å². The molecule has 1 aromatic carbocycles. The third kappa shape index (κ3) is 3.23. The van der Waals surface area contributed by atoms with Crippen LogP contribution < -0.4 is 5.32 Å². The summed E-state index contributed by atoms with van der Waals surface area (Å²) in [6.45, 7) is 3.59. The van der Waals surface area contributed by atoms with Gasteiger partial charge in [-0.25, -0.2) is 0 Å². The molecule has 0 saturated heterocycles. The van der Waals surface area contributed by atoms with Crippen molar-refractivity contribution in [2.24, 2.45) is 11.1 Å². The second-order valence-electron chi connectivity index (χ2n) is 5.94. The van der Waals surface area contributed by atoms with Crippen LogP contribution in [-0.2, 0) is 4.79 Å². The Morgan fingerprint density at radius 2 is 2.12 bits per heavy atom. The Balaban J connectivity index is 2.20. The van der Waals surface area contributed by atoms with Gasteiger partial charge >= 0.3 is 0 Å². The SMILES string of the molecule is CC(C)C(=O)NC(c1cccs1)c1cc(N=O)c2cccnc2c1O. The smallest absolute Gasteiger partial charge is 0.223 e. The van der Waals surface area contributed by atoms with E-state index in [-0.39, 0.29) is 28.8 Å². The van der Waals surface area contributed by atoms with Gasteiger partial charge in [0.15, 0.2) is 0 Å². The van der Waals surface area contributed by atoms with Crippen LogP contribution in [0.1, 0.15) is 30.3 Å². The molecule has 0 bridgehead atoms. The maximum Gasteiger partial charge on any atom is 0.223 e. The Hall–Kier alpha value is -2.80. The number of hydrogen-bond donors (Lipinski definition) is 2. The number of carbonyl (C=O) groups is 1. The first-order chi connectivity index (χ1) is 12.0. The normalized spacial score (nSPS) is 12.3. The van der Waals surface area contributed by atoms with Crippen LogP contribution in [0.25, 0.3) is 10.9 Å². The fourth-order valence-electron chi connectivity index (χ4n) is 2.59. The van der Waals surface area contributed by atoms with Gasteiger partial charge in [0.2, 0.25) is 5.91 Å². The number of rotatable bonds is 5. The minimum Gasteiger partial charge on any atom is -0.505 e. The third-order valence-electron chi connectivity index (χ3n) is 3.92. The predicted octanol–water partition coefficient (Wildman–Crippen LogP) is 4.26. The summed E-state index contributed by atoms with van der Waals surface area (Å²) in [6.07, 6.45) is 1.53. The van der Waals surface area contributed by atoms with E-state index in [2.05, 4.69) is 15.5 Å². The molecule has 0 aliphatic heterocycles. The maximum atomic E-state index is 12.3. The summed E-state index contributed by atoms with van der Waals surface area (Å²) >= 11 is 1.45. The lowest BCUT2D eigenvalue weighted by Crippen LogP contribution is -2.32. The minimum atomic E-state index is -0.582. The number of phenolic OH excluding ortho intramolecular Hbond substituents is 1. The molecule has 0 fully saturated rings. The summed E-state index contributed by atoms with van der Waals surface area (Å²) in [5.74, 6) is -0.433. The molecule has 3 aromatic rings. The zero-order chi connectivity index (χ0) is 18.0. The van der Waals surface area contributed by atoms with Gasteiger partial charge in [0.1, 0.15) is 17.0 Å². The molecule has 0 radical (unpaired) electrons. The molecule has 2 N–H and O–H groups in total. The molecule has 3 rings (SSSR count). The molecule has 1 unspecified atom stereocenters. The van der Waals surface area contributed by atoms with Gasteiger partial charge in [-0.15, -0.1) is 16.2 Å². The van der Waals surface area contributed by atoms with Crippen molar-refractivity contribution in [1.29, 1.82) is 0 Å². The number of benzene rings is 1. The first-order valence-electron chi connectivity index (χ1n) is 7.80. The highest BCUT2D eigenvalue weighted by atomic mass is 32.1. The Kier molecular flexibility index (Phi) is 4.76. The van der Waals surface area contributed by atoms with Crippen LogP contribution in [0.4, 0.5) is 5.69 Å². The number of pyridine rings is 1. The highest BCUT2D eigenvalue weighted by Crippen LogP contribution is 2.40. The van der Waals surface area contributed by atoms with Crippen molar-refractivity contribution in [2.75, 3.05) is 0 Å². The predicted molar refractivity (Wildman–Crippen MR) is 98.0 cm³/mol. The van der Waals surface area contributed by atoms with Crippen molar-refractivity contribution in [1.82, 2.24) is 10.3 Å². The fraction of sp³-hybridized carbons (Fsp3) is 0.222. The van der Waals surface area contributed by atoms with E-state index >= 15 is 0 Å². The van der Waals surface area contributed by atoms with E-state index < -0.39 is 6.04 Å². The average molecular weight is 355 g/mol. The standard InChI is InChI=1S/C18H17N3O3S/c1-10(2)18(23)20-15(14-6-4-8-25-14)12-9-13(21-24)11-5-3-7-19-16(11)17(12)22/h3-10,15,22H,1-2H3,(H,20,23). The number of fused-ring (bicyclic) bond motifs is 1. The van der Waals surface area contributed by atoms with E-state index in [0.717, 1.165) is 4.88 Å². The van der Waals surface area contributed by atoms with E-state index in [0.29, 0.717) is 10.9 Å². The number of carbonyl (C=O) groups excluding carboxylic acids is 1. The first-order valence-corrected chi connectivity index (χ1v) is 8.68. The molecule has 6 nitrogen and oxygen atoms in total. The van der Waals surface area contributed by atoms with Gasteiger partial charge < -0.3 is 10.4 Å². The molecule has 1 atom stereocenters. The molecular weight excluding hydrogens is 338 g/mol. The summed E-state index contributed by atoms with van der Waals surface area (Å²) in [6, 6.07) is 8.01. The number of hydrogen-bond acceptors (Lipinski definition) is 6. The van der Waals surface area contributed by atoms with Crippen molar-refractivity contribution in [3.8, 4) is 5.75 Å². The van der Waals surface area contributed by atoms with Crippen LogP contribution in [0.15, 0.2) is 47.1 Å². The third-order valence-corrected chi connectivity index (χ3v) is 4.86. The van der Waals surface area contributed by atoms with E-state index in [4.69, 9.17) is 0 Å². The number of nitrogens with zero attached hydrogens (tertiary/aromatic N) is 2. The molecule has 2 aromatic heterocycles. The molecule has 128 valence electrons. The second kappa shape index (κ2) is 6.98. The van der Waals surface area contributed by atoms with E-state index in [1.54, 1.807) is 26.0 Å². The lowest BCUT2D eigenvalue weighted by atomic mass is 9.99. The second-order valence-corrected chi connectivity index (χ2v) is 6.92. The number of nitroso groups, excluding NO2 is 1. The molecule has 0 aliphatic rings. The van der Waals surface area contributed by atoms with Gasteiger partial charge in [-0.1, -0.05) is 19.9 Å². The molecular formula is C18H17N3O3S. The molecule has 7 heteroatoms. The van der Waals surface area contributed by atoms with Gasteiger partial charge in [0, 0.05) is 27.9 Å². The quantitative estimate of drug-likeness (QED) is 0.669. The summed E-state index contributed by atoms with van der Waals surface area (Å²) in [4.78, 5) is 28.6. The van der Waals surface area contributed by atoms with Crippen LogP contribution >= 0.6 is 11.3 Å². The van der Waals surface area contributed by atoms with E-state index in [1.807, 2.05) is 17.5 Å². The Morgan fingerprint density at radius 3 is 2.76 bits per heavy atom. The van der Waals surface area contributed by atoms with E-state index in [9.17, 15) is 14.8 Å². The van der Waals surface area contributed by atoms with Crippen molar-refractivity contribution in [3.05, 3.63) is 57.3 Å². The van der Waals surface area contributed by atoms with Crippen molar-refractivity contribution < 1.29 is 9.90 Å². The molecule has 25 heavy (non-hydrogen) atoms. The van der Waals surface area contributed by atoms with Crippen LogP contribution in [0, 0.1) is 10.8 Å². The number of phenols is 1. The van der Waals surface area contributed by atoms with Crippen LogP contribution in [0.3, 0.4) is 0 Å². The summed E-state index contributed by atoms with van der Waals surface area (Å²) in [5, 5.41) is 19.1. The van der Waals surface area contributed by atoms with Gasteiger partial charge in [-0.2, -0.15) is 0 Å². The molecule has 0 aliphatic carbocycles. The van der Waals surface area contributed by atoms with Crippen LogP contribution in [0.5, 0.6) is 5.75 Å². The van der Waals surface area contributed by atoms with Crippen molar-refractivity contribution in [3.63, 3.8) is 0 Å². The monoisotopic (exact) mass is 355 g/mol. The Morgan fingerprint density at radius 1 is 1.32 bits per heavy atom. The van der Waals surface area contributed by atoms with Crippen LogP contribution in [0.2, 0.25) is 0 Å². The largest absolute Gasteiger partial charge is 0.505 e. The first kappa shape index (κ1) is 17.0. The topological polar surface area (TPSA) is 91.7 Å². The van der Waals surface area contributed by atoms with Crippen molar-refractivity contribution >= 4 is 33.8 Å². The number of nitrogens with one attached hydrogen (secondary N) is 1. The average Bonchev–Trinajstić information content (AvgIpc) is 3.14. The van der Waals surface area contributed by atoms with E-state index in [1.165, 1.54) is 23.6 Å². The summed E-state index contributed by atoms with van der Waals surface area (Å²) in [5.41, 5.74) is 0.864. The number of amides is 1.